The topological polar surface area (TPSA) is 16.4 Å². The molecule has 0 spiro atoms. The molecule has 2 aromatic carbocycles. The van der Waals surface area contributed by atoms with Crippen molar-refractivity contribution in [1.29, 1.82) is 0 Å². The van der Waals surface area contributed by atoms with Crippen molar-refractivity contribution in [2.24, 2.45) is 5.92 Å². The average Bonchev–Trinajstić information content (AvgIpc) is 3.38. The number of fused-ring (bicyclic) bond motifs is 2. The molecular formula is C31H37N2OS2+. The Hall–Kier alpha value is -2.50. The summed E-state index contributed by atoms with van der Waals surface area (Å²) in [5.41, 5.74) is 8.34. The van der Waals surface area contributed by atoms with Gasteiger partial charge >= 0.3 is 0 Å². The van der Waals surface area contributed by atoms with Crippen LogP contribution in [-0.4, -0.2) is 13.2 Å². The van der Waals surface area contributed by atoms with Gasteiger partial charge in [-0.1, -0.05) is 36.1 Å². The smallest absolute Gasteiger partial charge is 0.263 e. The summed E-state index contributed by atoms with van der Waals surface area (Å²) >= 11 is 3.80. The van der Waals surface area contributed by atoms with Gasteiger partial charge in [-0.2, -0.15) is 4.57 Å². The van der Waals surface area contributed by atoms with Crippen molar-refractivity contribution >= 4 is 45.1 Å². The molecule has 0 saturated carbocycles. The normalized spacial score (nSPS) is 20.2. The predicted molar refractivity (Wildman–Crippen MR) is 156 cm³/mol. The highest BCUT2D eigenvalue weighted by Crippen LogP contribution is 2.47. The van der Waals surface area contributed by atoms with Crippen molar-refractivity contribution in [3.63, 3.8) is 0 Å². The summed E-state index contributed by atoms with van der Waals surface area (Å²) in [5.74, 6) is 1.58. The summed E-state index contributed by atoms with van der Waals surface area (Å²) in [6.07, 6.45) is 7.19. The van der Waals surface area contributed by atoms with Crippen LogP contribution in [0.4, 0.5) is 5.69 Å². The van der Waals surface area contributed by atoms with Crippen LogP contribution in [0.3, 0.4) is 0 Å². The molecule has 1 atom stereocenters. The minimum absolute atomic E-state index is 0.631. The molecule has 0 bridgehead atoms. The molecule has 1 aliphatic carbocycles. The van der Waals surface area contributed by atoms with Gasteiger partial charge < -0.3 is 9.64 Å². The summed E-state index contributed by atoms with van der Waals surface area (Å²) in [4.78, 5) is 3.84. The second-order valence-electron chi connectivity index (χ2n) is 9.88. The molecule has 2 heterocycles. The molecule has 3 aromatic rings. The van der Waals surface area contributed by atoms with Crippen molar-refractivity contribution in [3.05, 3.63) is 74.8 Å². The maximum atomic E-state index is 5.78. The Morgan fingerprint density at radius 3 is 2.64 bits per heavy atom. The van der Waals surface area contributed by atoms with Crippen molar-refractivity contribution in [1.82, 2.24) is 0 Å². The van der Waals surface area contributed by atoms with Crippen LogP contribution >= 0.6 is 23.1 Å². The van der Waals surface area contributed by atoms with Gasteiger partial charge in [-0.3, -0.25) is 0 Å². The van der Waals surface area contributed by atoms with E-state index in [0.29, 0.717) is 12.5 Å². The molecule has 1 unspecified atom stereocenters. The molecule has 0 radical (unpaired) electrons. The molecule has 188 valence electrons. The monoisotopic (exact) mass is 517 g/mol. The summed E-state index contributed by atoms with van der Waals surface area (Å²) in [5, 5.41) is 2.68. The third-order valence-electron chi connectivity index (χ3n) is 7.23. The Bertz CT molecular complexity index is 1400. The van der Waals surface area contributed by atoms with E-state index in [2.05, 4.69) is 92.6 Å². The van der Waals surface area contributed by atoms with E-state index >= 15 is 0 Å². The average molecular weight is 518 g/mol. The summed E-state index contributed by atoms with van der Waals surface area (Å²) in [6.45, 7) is 16.1. The molecule has 1 aromatic heterocycles. The fourth-order valence-electron chi connectivity index (χ4n) is 5.38. The first-order valence-electron chi connectivity index (χ1n) is 13.2. The molecule has 0 saturated heterocycles. The highest BCUT2D eigenvalue weighted by atomic mass is 32.2. The van der Waals surface area contributed by atoms with Gasteiger partial charge in [0.25, 0.3) is 5.01 Å². The van der Waals surface area contributed by atoms with Crippen LogP contribution in [0.25, 0.3) is 16.3 Å². The molecule has 0 amide bonds. The van der Waals surface area contributed by atoms with E-state index in [0.717, 1.165) is 31.7 Å². The molecule has 5 heteroatoms. The number of aromatic nitrogens is 1. The molecule has 0 N–H and O–H groups in total. The number of hydrogen-bond acceptors (Lipinski definition) is 4. The van der Waals surface area contributed by atoms with Crippen LogP contribution in [-0.2, 0) is 6.54 Å². The second kappa shape index (κ2) is 10.5. The second-order valence-corrected chi connectivity index (χ2v) is 12.0. The minimum atomic E-state index is 0.631. The Morgan fingerprint density at radius 2 is 1.89 bits per heavy atom. The van der Waals surface area contributed by atoms with Crippen LogP contribution in [0.15, 0.2) is 69.1 Å². The lowest BCUT2D eigenvalue weighted by Gasteiger charge is -2.25. The molecule has 2 aliphatic rings. The lowest BCUT2D eigenvalue weighted by molar-refractivity contribution is -0.665. The Kier molecular flexibility index (Phi) is 7.32. The number of thioether (sulfide) groups is 1. The molecule has 1 aliphatic heterocycles. The summed E-state index contributed by atoms with van der Waals surface area (Å²) in [7, 11) is 0. The molecule has 36 heavy (non-hydrogen) atoms. The predicted octanol–water partition coefficient (Wildman–Crippen LogP) is 8.52. The maximum absolute atomic E-state index is 5.78. The zero-order valence-corrected chi connectivity index (χ0v) is 24.0. The number of anilines is 1. The van der Waals surface area contributed by atoms with Gasteiger partial charge in [-0.05, 0) is 106 Å². The highest BCUT2D eigenvalue weighted by molar-refractivity contribution is 8.03. The van der Waals surface area contributed by atoms with Gasteiger partial charge in [-0.25, -0.2) is 0 Å². The number of aryl methyl sites for hydroxylation is 2. The first-order chi connectivity index (χ1) is 17.4. The molecular weight excluding hydrogens is 480 g/mol. The number of benzene rings is 2. The SMILES string of the molecule is CCOc1ccc2sc(C=C3CC(C)CC(C=C4Sc5ccc(C)cc5N4CC)=C3C)[n+](CC)c2c1. The van der Waals surface area contributed by atoms with E-state index in [9.17, 15) is 0 Å². The van der Waals surface area contributed by atoms with Crippen molar-refractivity contribution in [2.45, 2.75) is 65.8 Å². The van der Waals surface area contributed by atoms with Gasteiger partial charge in [0.2, 0.25) is 5.52 Å². The number of ether oxygens (including phenoxy) is 1. The van der Waals surface area contributed by atoms with Gasteiger partial charge in [0, 0.05) is 17.5 Å². The largest absolute Gasteiger partial charge is 0.494 e. The van der Waals surface area contributed by atoms with Gasteiger partial charge in [0.1, 0.15) is 17.0 Å². The zero-order valence-electron chi connectivity index (χ0n) is 22.4. The van der Waals surface area contributed by atoms with E-state index in [1.165, 1.54) is 53.1 Å². The minimum Gasteiger partial charge on any atom is -0.494 e. The van der Waals surface area contributed by atoms with Gasteiger partial charge in [-0.15, -0.1) is 0 Å². The van der Waals surface area contributed by atoms with Crippen molar-refractivity contribution < 1.29 is 9.30 Å². The fourth-order valence-corrected chi connectivity index (χ4v) is 7.73. The van der Waals surface area contributed by atoms with Crippen LogP contribution in [0, 0.1) is 12.8 Å². The van der Waals surface area contributed by atoms with Crippen molar-refractivity contribution in [2.75, 3.05) is 18.1 Å². The van der Waals surface area contributed by atoms with E-state index in [4.69, 9.17) is 4.74 Å². The number of hydrogen-bond donors (Lipinski definition) is 0. The van der Waals surface area contributed by atoms with Gasteiger partial charge in [0.15, 0.2) is 0 Å². The van der Waals surface area contributed by atoms with E-state index < -0.39 is 0 Å². The quantitative estimate of drug-likeness (QED) is 0.305. The van der Waals surface area contributed by atoms with Crippen LogP contribution in [0.1, 0.15) is 58.0 Å². The number of thiazole rings is 1. The Morgan fingerprint density at radius 1 is 1.06 bits per heavy atom. The van der Waals surface area contributed by atoms with Gasteiger partial charge in [0.05, 0.1) is 23.4 Å². The van der Waals surface area contributed by atoms with E-state index in [1.54, 1.807) is 0 Å². The summed E-state index contributed by atoms with van der Waals surface area (Å²) < 4.78 is 9.53. The zero-order chi connectivity index (χ0) is 25.4. The third-order valence-corrected chi connectivity index (χ3v) is 9.45. The maximum Gasteiger partial charge on any atom is 0.263 e. The summed E-state index contributed by atoms with van der Waals surface area (Å²) in [6, 6.07) is 13.3. The lowest BCUT2D eigenvalue weighted by atomic mass is 9.81. The highest BCUT2D eigenvalue weighted by Gasteiger charge is 2.27. The third kappa shape index (κ3) is 4.76. The number of allylic oxidation sites excluding steroid dienone is 4. The molecule has 0 fully saturated rings. The van der Waals surface area contributed by atoms with Crippen molar-refractivity contribution in [3.8, 4) is 5.75 Å². The Balaban J connectivity index is 1.54. The van der Waals surface area contributed by atoms with E-state index in [1.807, 2.05) is 30.0 Å². The Labute approximate surface area is 224 Å². The molecule has 5 rings (SSSR count). The lowest BCUT2D eigenvalue weighted by Crippen LogP contribution is -2.33. The van der Waals surface area contributed by atoms with Crippen LogP contribution < -0.4 is 14.2 Å². The number of rotatable bonds is 6. The first kappa shape index (κ1) is 25.2. The standard InChI is InChI=1S/C31H37N2OS2/c1-7-32-26-16-20(4)10-12-28(26)35-30(32)17-23-14-21(5)15-24(22(23)6)18-31-33(8-2)27-19-25(34-9-3)11-13-29(27)36-31/h10-13,16-19,21H,7-9,14-15H2,1-6H3/q+1. The number of nitrogens with zero attached hydrogens (tertiary/aromatic N) is 2. The molecule has 3 nitrogen and oxygen atoms in total. The van der Waals surface area contributed by atoms with Crippen LogP contribution in [0.5, 0.6) is 5.75 Å². The van der Waals surface area contributed by atoms with Crippen LogP contribution in [0.2, 0.25) is 0 Å². The fraction of sp³-hybridized carbons (Fsp3) is 0.387. The van der Waals surface area contributed by atoms with E-state index in [-0.39, 0.29) is 0 Å². The first-order valence-corrected chi connectivity index (χ1v) is 14.8.